The number of carbonyl (C=O) groups excluding carboxylic acids is 1. The molecule has 0 spiro atoms. The Hall–Kier alpha value is -1.67. The number of ether oxygens (including phenoxy) is 1. The number of benzene rings is 1. The van der Waals surface area contributed by atoms with Crippen LogP contribution >= 0.6 is 11.6 Å². The van der Waals surface area contributed by atoms with Crippen LogP contribution in [-0.2, 0) is 0 Å². The number of nitrogens with zero attached hydrogens (tertiary/aromatic N) is 1. The Morgan fingerprint density at radius 3 is 2.62 bits per heavy atom. The molecule has 0 N–H and O–H groups in total. The van der Waals surface area contributed by atoms with E-state index in [2.05, 4.69) is 4.74 Å². The molecule has 0 radical (unpaired) electrons. The average Bonchev–Trinajstić information content (AvgIpc) is 2.19. The normalized spacial score (nSPS) is 10.0. The quantitative estimate of drug-likeness (QED) is 0.769. The SMILES string of the molecule is CC(=O)c1cc(OC(F)F)cc(C#N)c1Cl. The molecule has 0 bridgehead atoms. The van der Waals surface area contributed by atoms with E-state index in [1.54, 1.807) is 6.07 Å². The molecular formula is C10H6ClF2NO2. The van der Waals surface area contributed by atoms with Crippen LogP contribution in [0.2, 0.25) is 5.02 Å². The molecule has 3 nitrogen and oxygen atoms in total. The molecule has 0 aliphatic heterocycles. The molecule has 6 heteroatoms. The molecule has 0 unspecified atom stereocenters. The van der Waals surface area contributed by atoms with E-state index in [0.29, 0.717) is 0 Å². The van der Waals surface area contributed by atoms with Crippen LogP contribution in [-0.4, -0.2) is 12.4 Å². The summed E-state index contributed by atoms with van der Waals surface area (Å²) in [5.74, 6) is -0.692. The molecule has 0 aliphatic rings. The van der Waals surface area contributed by atoms with Crippen molar-refractivity contribution in [1.82, 2.24) is 0 Å². The fourth-order valence-electron chi connectivity index (χ4n) is 1.11. The lowest BCUT2D eigenvalue weighted by atomic mass is 10.1. The van der Waals surface area contributed by atoms with Crippen LogP contribution in [0, 0.1) is 11.3 Å². The second-order valence-corrected chi connectivity index (χ2v) is 3.26. The van der Waals surface area contributed by atoms with Gasteiger partial charge in [-0.1, -0.05) is 11.6 Å². The van der Waals surface area contributed by atoms with Crippen LogP contribution in [0.15, 0.2) is 12.1 Å². The molecule has 1 rings (SSSR count). The standard InChI is InChI=1S/C10H6ClF2NO2/c1-5(15)8-3-7(16-10(12)13)2-6(4-14)9(8)11/h2-3,10H,1H3. The summed E-state index contributed by atoms with van der Waals surface area (Å²) in [6, 6.07) is 3.83. The third-order valence-electron chi connectivity index (χ3n) is 1.77. The molecule has 0 amide bonds. The second kappa shape index (κ2) is 4.90. The molecule has 1 aromatic carbocycles. The predicted octanol–water partition coefficient (Wildman–Crippen LogP) is 3.02. The third kappa shape index (κ3) is 2.67. The monoisotopic (exact) mass is 245 g/mol. The summed E-state index contributed by atoms with van der Waals surface area (Å²) >= 11 is 5.73. The molecule has 84 valence electrons. The summed E-state index contributed by atoms with van der Waals surface area (Å²) in [5, 5.41) is 8.64. The Morgan fingerprint density at radius 1 is 1.56 bits per heavy atom. The third-order valence-corrected chi connectivity index (χ3v) is 2.18. The Morgan fingerprint density at radius 2 is 2.19 bits per heavy atom. The van der Waals surface area contributed by atoms with Crippen molar-refractivity contribution in [3.63, 3.8) is 0 Å². The number of nitriles is 1. The van der Waals surface area contributed by atoms with E-state index in [0.717, 1.165) is 12.1 Å². The van der Waals surface area contributed by atoms with Crippen molar-refractivity contribution < 1.29 is 18.3 Å². The Labute approximate surface area is 95.2 Å². The number of alkyl halides is 2. The van der Waals surface area contributed by atoms with Crippen LogP contribution in [0.25, 0.3) is 0 Å². The molecular weight excluding hydrogens is 240 g/mol. The maximum Gasteiger partial charge on any atom is 0.387 e. The van der Waals surface area contributed by atoms with Gasteiger partial charge in [0.25, 0.3) is 0 Å². The first kappa shape index (κ1) is 12.4. The summed E-state index contributed by atoms with van der Waals surface area (Å²) in [6.45, 7) is -1.80. The maximum absolute atomic E-state index is 12.0. The molecule has 0 aliphatic carbocycles. The highest BCUT2D eigenvalue weighted by atomic mass is 35.5. The molecule has 0 fully saturated rings. The van der Waals surface area contributed by atoms with E-state index in [-0.39, 0.29) is 21.9 Å². The van der Waals surface area contributed by atoms with Crippen molar-refractivity contribution in [3.8, 4) is 11.8 Å². The molecule has 1 aromatic rings. The Kier molecular flexibility index (Phi) is 3.80. The maximum atomic E-state index is 12.0. The van der Waals surface area contributed by atoms with Crippen LogP contribution in [0.1, 0.15) is 22.8 Å². The van der Waals surface area contributed by atoms with Gasteiger partial charge in [-0.15, -0.1) is 0 Å². The number of rotatable bonds is 3. The summed E-state index contributed by atoms with van der Waals surface area (Å²) in [4.78, 5) is 11.1. The van der Waals surface area contributed by atoms with E-state index in [4.69, 9.17) is 16.9 Å². The van der Waals surface area contributed by atoms with Gasteiger partial charge in [-0.3, -0.25) is 4.79 Å². The first-order chi connectivity index (χ1) is 7.45. The summed E-state index contributed by atoms with van der Waals surface area (Å²) in [6.07, 6.45) is 0. The molecule has 0 heterocycles. The number of carbonyl (C=O) groups is 1. The van der Waals surface area contributed by atoms with Crippen molar-refractivity contribution in [3.05, 3.63) is 28.3 Å². The van der Waals surface area contributed by atoms with Crippen molar-refractivity contribution in [2.75, 3.05) is 0 Å². The van der Waals surface area contributed by atoms with Crippen LogP contribution < -0.4 is 4.74 Å². The van der Waals surface area contributed by atoms with E-state index >= 15 is 0 Å². The van der Waals surface area contributed by atoms with Gasteiger partial charge in [-0.25, -0.2) is 0 Å². The van der Waals surface area contributed by atoms with Crippen LogP contribution in [0.5, 0.6) is 5.75 Å². The molecule has 16 heavy (non-hydrogen) atoms. The van der Waals surface area contributed by atoms with Gasteiger partial charge in [0, 0.05) is 5.56 Å². The highest BCUT2D eigenvalue weighted by molar-refractivity contribution is 6.35. The minimum Gasteiger partial charge on any atom is -0.435 e. The first-order valence-electron chi connectivity index (χ1n) is 4.15. The van der Waals surface area contributed by atoms with E-state index in [9.17, 15) is 13.6 Å². The zero-order valence-corrected chi connectivity index (χ0v) is 8.89. The largest absolute Gasteiger partial charge is 0.435 e. The zero-order chi connectivity index (χ0) is 12.3. The van der Waals surface area contributed by atoms with Crippen LogP contribution in [0.4, 0.5) is 8.78 Å². The van der Waals surface area contributed by atoms with E-state index < -0.39 is 12.4 Å². The minimum atomic E-state index is -3.02. The van der Waals surface area contributed by atoms with Gasteiger partial charge in [0.2, 0.25) is 0 Å². The predicted molar refractivity (Wildman–Crippen MR) is 52.8 cm³/mol. The minimum absolute atomic E-state index is 0.0173. The van der Waals surface area contributed by atoms with Crippen molar-refractivity contribution >= 4 is 17.4 Å². The molecule has 0 saturated carbocycles. The number of hydrogen-bond donors (Lipinski definition) is 0. The summed E-state index contributed by atoms with van der Waals surface area (Å²) in [5.41, 5.74) is -0.0959. The fourth-order valence-corrected chi connectivity index (χ4v) is 1.39. The Balaban J connectivity index is 3.30. The number of halogens is 3. The highest BCUT2D eigenvalue weighted by Gasteiger charge is 2.15. The van der Waals surface area contributed by atoms with Crippen LogP contribution in [0.3, 0.4) is 0 Å². The zero-order valence-electron chi connectivity index (χ0n) is 8.13. The van der Waals surface area contributed by atoms with Crippen molar-refractivity contribution in [1.29, 1.82) is 5.26 Å². The van der Waals surface area contributed by atoms with Gasteiger partial charge in [0.05, 0.1) is 10.6 Å². The molecule has 0 aromatic heterocycles. The molecule has 0 atom stereocenters. The van der Waals surface area contributed by atoms with Gasteiger partial charge < -0.3 is 4.74 Å². The first-order valence-corrected chi connectivity index (χ1v) is 4.53. The smallest absolute Gasteiger partial charge is 0.387 e. The fraction of sp³-hybridized carbons (Fsp3) is 0.200. The lowest BCUT2D eigenvalue weighted by Crippen LogP contribution is -2.04. The van der Waals surface area contributed by atoms with Gasteiger partial charge in [-0.05, 0) is 19.1 Å². The average molecular weight is 246 g/mol. The Bertz CT molecular complexity index is 469. The van der Waals surface area contributed by atoms with Gasteiger partial charge >= 0.3 is 6.61 Å². The van der Waals surface area contributed by atoms with Crippen molar-refractivity contribution in [2.24, 2.45) is 0 Å². The van der Waals surface area contributed by atoms with E-state index in [1.165, 1.54) is 6.92 Å². The molecule has 0 saturated heterocycles. The lowest BCUT2D eigenvalue weighted by molar-refractivity contribution is -0.0498. The van der Waals surface area contributed by atoms with E-state index in [1.807, 2.05) is 0 Å². The van der Waals surface area contributed by atoms with Gasteiger partial charge in [-0.2, -0.15) is 14.0 Å². The number of ketones is 1. The van der Waals surface area contributed by atoms with Gasteiger partial charge in [0.1, 0.15) is 11.8 Å². The number of hydrogen-bond acceptors (Lipinski definition) is 3. The lowest BCUT2D eigenvalue weighted by Gasteiger charge is -2.08. The summed E-state index contributed by atoms with van der Waals surface area (Å²) in [7, 11) is 0. The summed E-state index contributed by atoms with van der Waals surface area (Å²) < 4.78 is 28.0. The second-order valence-electron chi connectivity index (χ2n) is 2.88. The topological polar surface area (TPSA) is 50.1 Å². The van der Waals surface area contributed by atoms with Crippen molar-refractivity contribution in [2.45, 2.75) is 13.5 Å². The number of Topliss-reactive ketones (excluding diaryl/α,β-unsaturated/α-hetero) is 1. The highest BCUT2D eigenvalue weighted by Crippen LogP contribution is 2.28. The van der Waals surface area contributed by atoms with Gasteiger partial charge in [0.15, 0.2) is 5.78 Å².